The van der Waals surface area contributed by atoms with Crippen molar-refractivity contribution < 1.29 is 22.3 Å². The van der Waals surface area contributed by atoms with E-state index in [2.05, 4.69) is 9.71 Å². The molecule has 8 heteroatoms. The van der Waals surface area contributed by atoms with Gasteiger partial charge in [-0.2, -0.15) is 0 Å². The monoisotopic (exact) mass is 312 g/mol. The number of hydrogen-bond acceptors (Lipinski definition) is 5. The second-order valence-corrected chi connectivity index (χ2v) is 5.63. The Labute approximate surface area is 121 Å². The van der Waals surface area contributed by atoms with Crippen molar-refractivity contribution in [2.45, 2.75) is 4.90 Å². The molecule has 0 fully saturated rings. The number of nitrogens with zero attached hydrogens (tertiary/aromatic N) is 1. The first kappa shape index (κ1) is 15.0. The fourth-order valence-corrected chi connectivity index (χ4v) is 2.81. The number of pyridine rings is 1. The van der Waals surface area contributed by atoms with E-state index in [1.807, 2.05) is 0 Å². The quantitative estimate of drug-likeness (QED) is 0.914. The summed E-state index contributed by atoms with van der Waals surface area (Å²) in [6.45, 7) is 0. The molecule has 0 spiro atoms. The predicted octanol–water partition coefficient (Wildman–Crippen LogP) is 2.04. The van der Waals surface area contributed by atoms with Gasteiger partial charge in [0.25, 0.3) is 10.0 Å². The Morgan fingerprint density at radius 1 is 1.10 bits per heavy atom. The summed E-state index contributed by atoms with van der Waals surface area (Å²) in [5.74, 6) is -0.707. The molecule has 1 aromatic carbocycles. The molecule has 21 heavy (non-hydrogen) atoms. The van der Waals surface area contributed by atoms with Gasteiger partial charge in [-0.25, -0.2) is 12.8 Å². The zero-order chi connectivity index (χ0) is 15.5. The van der Waals surface area contributed by atoms with Crippen LogP contribution in [0.3, 0.4) is 0 Å². The largest absolute Gasteiger partial charge is 0.493 e. The smallest absolute Gasteiger partial charge is 0.264 e. The third-order valence-corrected chi connectivity index (χ3v) is 4.06. The van der Waals surface area contributed by atoms with Crippen molar-refractivity contribution in [3.05, 3.63) is 42.5 Å². The highest BCUT2D eigenvalue weighted by Crippen LogP contribution is 2.32. The van der Waals surface area contributed by atoms with Crippen LogP contribution in [0.25, 0.3) is 0 Å². The maximum atomic E-state index is 14.0. The van der Waals surface area contributed by atoms with Crippen LogP contribution in [0.5, 0.6) is 11.5 Å². The SMILES string of the molecule is COc1cc(F)c(S(=O)(=O)Nc2ccncc2)cc1OC. The standard InChI is InChI=1S/C13H13FN2O4S/c1-19-11-7-10(14)13(8-12(11)20-2)21(17,18)16-9-3-5-15-6-4-9/h3-8H,1-2H3,(H,15,16). The fourth-order valence-electron chi connectivity index (χ4n) is 1.67. The number of anilines is 1. The topological polar surface area (TPSA) is 77.5 Å². The highest BCUT2D eigenvalue weighted by atomic mass is 32.2. The van der Waals surface area contributed by atoms with Crippen molar-refractivity contribution in [2.75, 3.05) is 18.9 Å². The van der Waals surface area contributed by atoms with E-state index in [9.17, 15) is 12.8 Å². The number of aromatic nitrogens is 1. The van der Waals surface area contributed by atoms with Crippen LogP contribution >= 0.6 is 0 Å². The molecule has 2 aromatic rings. The predicted molar refractivity (Wildman–Crippen MR) is 74.5 cm³/mol. The third kappa shape index (κ3) is 3.22. The lowest BCUT2D eigenvalue weighted by Crippen LogP contribution is -2.15. The van der Waals surface area contributed by atoms with Gasteiger partial charge in [0.1, 0.15) is 10.7 Å². The van der Waals surface area contributed by atoms with E-state index in [0.717, 1.165) is 12.1 Å². The Morgan fingerprint density at radius 2 is 1.67 bits per heavy atom. The number of benzene rings is 1. The van der Waals surface area contributed by atoms with Crippen molar-refractivity contribution in [3.8, 4) is 11.5 Å². The van der Waals surface area contributed by atoms with E-state index >= 15 is 0 Å². The van der Waals surface area contributed by atoms with Crippen LogP contribution in [0, 0.1) is 5.82 Å². The van der Waals surface area contributed by atoms with Crippen LogP contribution in [-0.4, -0.2) is 27.6 Å². The fraction of sp³-hybridized carbons (Fsp3) is 0.154. The summed E-state index contributed by atoms with van der Waals surface area (Å²) in [7, 11) is -1.42. The molecule has 0 atom stereocenters. The van der Waals surface area contributed by atoms with E-state index in [0.29, 0.717) is 0 Å². The van der Waals surface area contributed by atoms with Gasteiger partial charge in [-0.1, -0.05) is 0 Å². The average molecular weight is 312 g/mol. The highest BCUT2D eigenvalue weighted by Gasteiger charge is 2.22. The molecular weight excluding hydrogens is 299 g/mol. The second-order valence-electron chi connectivity index (χ2n) is 3.98. The first-order chi connectivity index (χ1) is 9.97. The molecule has 0 radical (unpaired) electrons. The van der Waals surface area contributed by atoms with Crippen molar-refractivity contribution in [2.24, 2.45) is 0 Å². The third-order valence-electron chi connectivity index (χ3n) is 2.66. The molecule has 112 valence electrons. The molecule has 0 saturated carbocycles. The summed E-state index contributed by atoms with van der Waals surface area (Å²) < 4.78 is 50.6. The molecule has 6 nitrogen and oxygen atoms in total. The van der Waals surface area contributed by atoms with Gasteiger partial charge in [-0.05, 0) is 12.1 Å². The van der Waals surface area contributed by atoms with Gasteiger partial charge in [0.2, 0.25) is 0 Å². The van der Waals surface area contributed by atoms with Crippen molar-refractivity contribution in [1.29, 1.82) is 0 Å². The van der Waals surface area contributed by atoms with E-state index < -0.39 is 20.7 Å². The lowest BCUT2D eigenvalue weighted by Gasteiger charge is -2.12. The molecule has 0 amide bonds. The molecule has 2 rings (SSSR count). The van der Waals surface area contributed by atoms with Crippen LogP contribution in [-0.2, 0) is 10.0 Å². The van der Waals surface area contributed by atoms with E-state index in [1.165, 1.54) is 38.7 Å². The molecule has 0 unspecified atom stereocenters. The Morgan fingerprint density at radius 3 is 2.24 bits per heavy atom. The minimum atomic E-state index is -4.09. The number of methoxy groups -OCH3 is 2. The summed E-state index contributed by atoms with van der Waals surface area (Å²) in [5.41, 5.74) is 0.277. The summed E-state index contributed by atoms with van der Waals surface area (Å²) in [5, 5.41) is 0. The number of hydrogen-bond donors (Lipinski definition) is 1. The molecule has 0 aliphatic carbocycles. The van der Waals surface area contributed by atoms with E-state index in [4.69, 9.17) is 9.47 Å². The number of nitrogens with one attached hydrogen (secondary N) is 1. The lowest BCUT2D eigenvalue weighted by molar-refractivity contribution is 0.350. The first-order valence-electron chi connectivity index (χ1n) is 5.82. The summed E-state index contributed by atoms with van der Waals surface area (Å²) >= 11 is 0. The Kier molecular flexibility index (Phi) is 4.27. The number of ether oxygens (including phenoxy) is 2. The molecule has 0 saturated heterocycles. The van der Waals surface area contributed by atoms with Gasteiger partial charge in [0, 0.05) is 24.5 Å². The molecule has 0 bridgehead atoms. The summed E-state index contributed by atoms with van der Waals surface area (Å²) in [6.07, 6.45) is 2.84. The molecule has 0 aliphatic rings. The Bertz CT molecular complexity index is 735. The minimum absolute atomic E-state index is 0.109. The van der Waals surface area contributed by atoms with Crippen LogP contribution in [0.4, 0.5) is 10.1 Å². The van der Waals surface area contributed by atoms with Gasteiger partial charge in [-0.15, -0.1) is 0 Å². The Balaban J connectivity index is 2.45. The molecular formula is C13H13FN2O4S. The van der Waals surface area contributed by atoms with Crippen LogP contribution < -0.4 is 14.2 Å². The number of halogens is 1. The van der Waals surface area contributed by atoms with Gasteiger partial charge >= 0.3 is 0 Å². The van der Waals surface area contributed by atoms with Crippen LogP contribution in [0.2, 0.25) is 0 Å². The maximum Gasteiger partial charge on any atom is 0.264 e. The average Bonchev–Trinajstić information content (AvgIpc) is 2.47. The van der Waals surface area contributed by atoms with Crippen LogP contribution in [0.15, 0.2) is 41.6 Å². The maximum absolute atomic E-state index is 14.0. The normalized spacial score (nSPS) is 11.0. The molecule has 0 aliphatic heterocycles. The van der Waals surface area contributed by atoms with Crippen molar-refractivity contribution >= 4 is 15.7 Å². The molecule has 1 heterocycles. The van der Waals surface area contributed by atoms with Crippen molar-refractivity contribution in [1.82, 2.24) is 4.98 Å². The van der Waals surface area contributed by atoms with Gasteiger partial charge in [0.15, 0.2) is 11.5 Å². The van der Waals surface area contributed by atoms with E-state index in [1.54, 1.807) is 0 Å². The Hall–Kier alpha value is -2.35. The van der Waals surface area contributed by atoms with Gasteiger partial charge in [-0.3, -0.25) is 9.71 Å². The van der Waals surface area contributed by atoms with Crippen LogP contribution in [0.1, 0.15) is 0 Å². The van der Waals surface area contributed by atoms with Gasteiger partial charge < -0.3 is 9.47 Å². The van der Waals surface area contributed by atoms with Crippen molar-refractivity contribution in [3.63, 3.8) is 0 Å². The number of rotatable bonds is 5. The molecule has 1 aromatic heterocycles. The zero-order valence-corrected chi connectivity index (χ0v) is 12.1. The van der Waals surface area contributed by atoms with Gasteiger partial charge in [0.05, 0.1) is 19.9 Å². The van der Waals surface area contributed by atoms with E-state index in [-0.39, 0.29) is 17.2 Å². The highest BCUT2D eigenvalue weighted by molar-refractivity contribution is 7.92. The minimum Gasteiger partial charge on any atom is -0.493 e. The zero-order valence-electron chi connectivity index (χ0n) is 11.3. The summed E-state index contributed by atoms with van der Waals surface area (Å²) in [6, 6.07) is 4.93. The molecule has 1 N–H and O–H groups in total. The lowest BCUT2D eigenvalue weighted by atomic mass is 10.3. The summed E-state index contributed by atoms with van der Waals surface area (Å²) in [4.78, 5) is 3.24. The first-order valence-corrected chi connectivity index (χ1v) is 7.30. The second kappa shape index (κ2) is 5.96. The number of sulfonamides is 1.